The molecule has 0 N–H and O–H groups in total. The van der Waals surface area contributed by atoms with Crippen LogP contribution in [-0.2, 0) is 4.79 Å². The van der Waals surface area contributed by atoms with Gasteiger partial charge in [0.15, 0.2) is 0 Å². The van der Waals surface area contributed by atoms with Gasteiger partial charge in [-0.2, -0.15) is 0 Å². The molecule has 1 unspecified atom stereocenters. The first-order chi connectivity index (χ1) is 8.54. The van der Waals surface area contributed by atoms with Crippen LogP contribution in [0.1, 0.15) is 44.6 Å². The Balaban J connectivity index is 1.92. The minimum absolute atomic E-state index is 0.00587. The number of alkyl halides is 1. The molecular formula is C13H18ClN3O. The van der Waals surface area contributed by atoms with Gasteiger partial charge < -0.3 is 9.47 Å². The van der Waals surface area contributed by atoms with Crippen LogP contribution in [-0.4, -0.2) is 32.8 Å². The van der Waals surface area contributed by atoms with Gasteiger partial charge in [-0.15, -0.1) is 11.6 Å². The molecule has 18 heavy (non-hydrogen) atoms. The van der Waals surface area contributed by atoms with Crippen molar-refractivity contribution < 1.29 is 4.79 Å². The van der Waals surface area contributed by atoms with E-state index in [4.69, 9.17) is 11.6 Å². The molecule has 98 valence electrons. The maximum absolute atomic E-state index is 11.8. The molecule has 1 aromatic rings. The van der Waals surface area contributed by atoms with E-state index in [1.54, 1.807) is 0 Å². The standard InChI is InChI=1S/C13H18ClN3O/c1-13(2)8-17(10(18)7-14)11(13)12-15-5-6-16(12)9-3-4-9/h5-6,9,11H,3-4,7-8H2,1-2H3. The lowest BCUT2D eigenvalue weighted by Crippen LogP contribution is -2.59. The molecule has 0 aromatic carbocycles. The highest BCUT2D eigenvalue weighted by Gasteiger charge is 2.51. The van der Waals surface area contributed by atoms with E-state index in [-0.39, 0.29) is 23.2 Å². The Kier molecular flexibility index (Phi) is 2.66. The van der Waals surface area contributed by atoms with E-state index in [1.165, 1.54) is 12.8 Å². The smallest absolute Gasteiger partial charge is 0.238 e. The summed E-state index contributed by atoms with van der Waals surface area (Å²) in [6, 6.07) is 0.659. The molecule has 0 radical (unpaired) electrons. The Morgan fingerprint density at radius 1 is 1.56 bits per heavy atom. The van der Waals surface area contributed by atoms with Crippen molar-refractivity contribution in [2.45, 2.75) is 38.8 Å². The first-order valence-electron chi connectivity index (χ1n) is 6.43. The molecule has 5 heteroatoms. The highest BCUT2D eigenvalue weighted by Crippen LogP contribution is 2.49. The topological polar surface area (TPSA) is 38.1 Å². The molecule has 1 aliphatic heterocycles. The number of carbonyl (C=O) groups is 1. The average molecular weight is 268 g/mol. The van der Waals surface area contributed by atoms with Crippen LogP contribution in [0.3, 0.4) is 0 Å². The second-order valence-electron chi connectivity index (χ2n) is 5.97. The summed E-state index contributed by atoms with van der Waals surface area (Å²) < 4.78 is 2.24. The van der Waals surface area contributed by atoms with E-state index in [0.29, 0.717) is 6.04 Å². The summed E-state index contributed by atoms with van der Waals surface area (Å²) in [6.45, 7) is 5.13. The monoisotopic (exact) mass is 267 g/mol. The predicted molar refractivity (Wildman–Crippen MR) is 69.5 cm³/mol. The van der Waals surface area contributed by atoms with Crippen molar-refractivity contribution in [1.82, 2.24) is 14.5 Å². The van der Waals surface area contributed by atoms with Crippen LogP contribution in [0.5, 0.6) is 0 Å². The van der Waals surface area contributed by atoms with Crippen LogP contribution in [0.4, 0.5) is 0 Å². The lowest BCUT2D eigenvalue weighted by Gasteiger charge is -2.53. The second-order valence-corrected chi connectivity index (χ2v) is 6.24. The molecule has 1 aromatic heterocycles. The van der Waals surface area contributed by atoms with Crippen LogP contribution in [0.25, 0.3) is 0 Å². The van der Waals surface area contributed by atoms with Gasteiger partial charge in [0.1, 0.15) is 11.7 Å². The summed E-state index contributed by atoms with van der Waals surface area (Å²) in [5.74, 6) is 1.08. The largest absolute Gasteiger partial charge is 0.330 e. The molecule has 1 saturated heterocycles. The molecule has 1 saturated carbocycles. The van der Waals surface area contributed by atoms with Crippen molar-refractivity contribution >= 4 is 17.5 Å². The summed E-state index contributed by atoms with van der Waals surface area (Å²) in [5, 5.41) is 0. The van der Waals surface area contributed by atoms with Crippen molar-refractivity contribution in [3.05, 3.63) is 18.2 Å². The number of rotatable bonds is 3. The van der Waals surface area contributed by atoms with Gasteiger partial charge in [-0.05, 0) is 12.8 Å². The fourth-order valence-corrected chi connectivity index (χ4v) is 3.08. The number of nitrogens with zero attached hydrogens (tertiary/aromatic N) is 3. The number of carbonyl (C=O) groups excluding carboxylic acids is 1. The Bertz CT molecular complexity index is 478. The van der Waals surface area contributed by atoms with Crippen LogP contribution in [0.15, 0.2) is 12.4 Å². The van der Waals surface area contributed by atoms with Crippen molar-refractivity contribution in [2.24, 2.45) is 5.41 Å². The number of hydrogen-bond acceptors (Lipinski definition) is 2. The van der Waals surface area contributed by atoms with Crippen LogP contribution in [0, 0.1) is 5.41 Å². The van der Waals surface area contributed by atoms with Gasteiger partial charge in [-0.25, -0.2) is 4.98 Å². The second kappa shape index (κ2) is 3.98. The quantitative estimate of drug-likeness (QED) is 0.789. The zero-order valence-corrected chi connectivity index (χ0v) is 11.5. The van der Waals surface area contributed by atoms with E-state index < -0.39 is 0 Å². The first-order valence-corrected chi connectivity index (χ1v) is 6.96. The van der Waals surface area contributed by atoms with Crippen molar-refractivity contribution in [2.75, 3.05) is 12.4 Å². The number of imidazole rings is 1. The maximum atomic E-state index is 11.8. The van der Waals surface area contributed by atoms with E-state index in [9.17, 15) is 4.79 Å². The molecule has 2 aliphatic rings. The summed E-state index contributed by atoms with van der Waals surface area (Å²) in [7, 11) is 0. The molecule has 2 fully saturated rings. The molecule has 1 aliphatic carbocycles. The number of hydrogen-bond donors (Lipinski definition) is 0. The normalized spacial score (nSPS) is 25.9. The van der Waals surface area contributed by atoms with Crippen molar-refractivity contribution in [3.63, 3.8) is 0 Å². The van der Waals surface area contributed by atoms with Gasteiger partial charge in [0.2, 0.25) is 5.91 Å². The maximum Gasteiger partial charge on any atom is 0.238 e. The summed E-state index contributed by atoms with van der Waals surface area (Å²) in [6.07, 6.45) is 6.32. The van der Waals surface area contributed by atoms with Gasteiger partial charge in [-0.1, -0.05) is 13.8 Å². The third kappa shape index (κ3) is 1.74. The van der Waals surface area contributed by atoms with Crippen molar-refractivity contribution in [3.8, 4) is 0 Å². The molecule has 0 bridgehead atoms. The van der Waals surface area contributed by atoms with Gasteiger partial charge >= 0.3 is 0 Å². The Hall–Kier alpha value is -1.03. The number of likely N-dealkylation sites (tertiary alicyclic amines) is 1. The zero-order valence-electron chi connectivity index (χ0n) is 10.8. The Morgan fingerprint density at radius 2 is 2.28 bits per heavy atom. The third-order valence-corrected chi connectivity index (χ3v) is 4.18. The van der Waals surface area contributed by atoms with E-state index in [0.717, 1.165) is 12.4 Å². The lowest BCUT2D eigenvalue weighted by molar-refractivity contribution is -0.150. The molecule has 2 heterocycles. The van der Waals surface area contributed by atoms with Gasteiger partial charge in [0.05, 0.1) is 6.04 Å². The van der Waals surface area contributed by atoms with Crippen molar-refractivity contribution in [1.29, 1.82) is 0 Å². The highest BCUT2D eigenvalue weighted by molar-refractivity contribution is 6.27. The third-order valence-electron chi connectivity index (χ3n) is 3.95. The number of amides is 1. The summed E-state index contributed by atoms with van der Waals surface area (Å²) in [5.41, 5.74) is 0.0830. The Morgan fingerprint density at radius 3 is 2.83 bits per heavy atom. The van der Waals surface area contributed by atoms with E-state index in [1.807, 2.05) is 17.3 Å². The lowest BCUT2D eigenvalue weighted by atomic mass is 9.74. The highest BCUT2D eigenvalue weighted by atomic mass is 35.5. The van der Waals surface area contributed by atoms with Crippen LogP contribution in [0.2, 0.25) is 0 Å². The fraction of sp³-hybridized carbons (Fsp3) is 0.692. The summed E-state index contributed by atoms with van der Waals surface area (Å²) >= 11 is 5.68. The number of halogens is 1. The van der Waals surface area contributed by atoms with Gasteiger partial charge in [0, 0.05) is 30.4 Å². The van der Waals surface area contributed by atoms with E-state index in [2.05, 4.69) is 23.4 Å². The minimum atomic E-state index is 0.00587. The summed E-state index contributed by atoms with van der Waals surface area (Å²) in [4.78, 5) is 18.2. The molecule has 4 nitrogen and oxygen atoms in total. The molecule has 3 rings (SSSR count). The van der Waals surface area contributed by atoms with Crippen LogP contribution >= 0.6 is 11.6 Å². The first kappa shape index (κ1) is 12.0. The van der Waals surface area contributed by atoms with Gasteiger partial charge in [0.25, 0.3) is 0 Å². The molecule has 1 amide bonds. The van der Waals surface area contributed by atoms with Gasteiger partial charge in [-0.3, -0.25) is 4.79 Å². The fourth-order valence-electron chi connectivity index (χ4n) is 2.92. The molecular weight excluding hydrogens is 250 g/mol. The molecule has 0 spiro atoms. The minimum Gasteiger partial charge on any atom is -0.330 e. The van der Waals surface area contributed by atoms with Crippen LogP contribution < -0.4 is 0 Å². The predicted octanol–water partition coefficient (Wildman–Crippen LogP) is 2.37. The average Bonchev–Trinajstić information content (AvgIpc) is 3.07. The molecule has 1 atom stereocenters. The van der Waals surface area contributed by atoms with E-state index >= 15 is 0 Å². The number of aromatic nitrogens is 2. The Labute approximate surface area is 112 Å². The SMILES string of the molecule is CC1(C)CN(C(=O)CCl)C1c1nccn1C1CC1. The zero-order chi connectivity index (χ0) is 12.9.